The molecule has 3 unspecified atom stereocenters. The lowest BCUT2D eigenvalue weighted by molar-refractivity contribution is -0.152. The molecule has 0 bridgehead atoms. The summed E-state index contributed by atoms with van der Waals surface area (Å²) >= 11 is 0. The van der Waals surface area contributed by atoms with Crippen molar-refractivity contribution in [2.75, 3.05) is 26.7 Å². The van der Waals surface area contributed by atoms with Gasteiger partial charge in [-0.15, -0.1) is 0 Å². The van der Waals surface area contributed by atoms with Crippen LogP contribution < -0.4 is 5.48 Å². The smallest absolute Gasteiger partial charge is 0.410 e. The molecule has 1 aromatic carbocycles. The topological polar surface area (TPSA) is 102 Å². The number of benzene rings is 1. The van der Waals surface area contributed by atoms with Crippen LogP contribution in [0, 0.1) is 5.92 Å². The fraction of sp³-hybridized carbons (Fsp3) is 0.550. The molecule has 0 aromatic heterocycles. The van der Waals surface area contributed by atoms with Crippen molar-refractivity contribution in [2.45, 2.75) is 38.1 Å². The molecule has 2 fully saturated rings. The van der Waals surface area contributed by atoms with Crippen LogP contribution in [0.3, 0.4) is 0 Å². The van der Waals surface area contributed by atoms with Crippen LogP contribution in [0.15, 0.2) is 24.3 Å². The number of nitrogens with one attached hydrogen (secondary N) is 1. The lowest BCUT2D eigenvalue weighted by Crippen LogP contribution is -2.60. The highest BCUT2D eigenvalue weighted by atomic mass is 16.6. The maximum atomic E-state index is 13.3. The molecule has 2 saturated heterocycles. The second-order valence-corrected chi connectivity index (χ2v) is 8.01. The highest BCUT2D eigenvalue weighted by Gasteiger charge is 2.46. The normalized spacial score (nSPS) is 26.5. The van der Waals surface area contributed by atoms with Gasteiger partial charge in [-0.3, -0.25) is 19.7 Å². The highest BCUT2D eigenvalue weighted by molar-refractivity contribution is 5.90. The average Bonchev–Trinajstić information content (AvgIpc) is 3.09. The van der Waals surface area contributed by atoms with E-state index < -0.39 is 30.1 Å². The second-order valence-electron chi connectivity index (χ2n) is 8.01. The molecule has 3 aliphatic rings. The summed E-state index contributed by atoms with van der Waals surface area (Å²) in [6.45, 7) is 2.71. The van der Waals surface area contributed by atoms with E-state index in [0.717, 1.165) is 17.5 Å². The molecular formula is C20H26N4O5. The van der Waals surface area contributed by atoms with Crippen LogP contribution >= 0.6 is 0 Å². The van der Waals surface area contributed by atoms with E-state index in [-0.39, 0.29) is 12.3 Å². The first kappa shape index (κ1) is 19.7. The van der Waals surface area contributed by atoms with Crippen LogP contribution in [0.25, 0.3) is 0 Å². The first-order chi connectivity index (χ1) is 14.0. The van der Waals surface area contributed by atoms with Crippen molar-refractivity contribution in [1.82, 2.24) is 20.2 Å². The Morgan fingerprint density at radius 3 is 2.31 bits per heavy atom. The number of hydroxylamine groups is 1. The van der Waals surface area contributed by atoms with Crippen molar-refractivity contribution in [3.8, 4) is 0 Å². The summed E-state index contributed by atoms with van der Waals surface area (Å²) in [5, 5.41) is 9.22. The van der Waals surface area contributed by atoms with Crippen LogP contribution in [0.1, 0.15) is 24.0 Å². The summed E-state index contributed by atoms with van der Waals surface area (Å²) in [7, 11) is 1.74. The maximum absolute atomic E-state index is 13.3. The lowest BCUT2D eigenvalue weighted by Gasteiger charge is -2.42. The molecule has 156 valence electrons. The molecule has 3 aliphatic heterocycles. The molecule has 0 radical (unpaired) electrons. The third kappa shape index (κ3) is 3.79. The monoisotopic (exact) mass is 402 g/mol. The summed E-state index contributed by atoms with van der Waals surface area (Å²) in [6.07, 6.45) is 0.241. The number of nitrogens with zero attached hydrogens (tertiary/aromatic N) is 3. The quantitative estimate of drug-likeness (QED) is 0.566. The zero-order valence-corrected chi connectivity index (χ0v) is 16.4. The van der Waals surface area contributed by atoms with E-state index in [4.69, 9.17) is 4.74 Å². The van der Waals surface area contributed by atoms with Gasteiger partial charge in [0.1, 0.15) is 12.1 Å². The minimum Gasteiger partial charge on any atom is -0.445 e. The molecule has 4 rings (SSSR count). The predicted octanol–water partition coefficient (Wildman–Crippen LogP) is 0.565. The van der Waals surface area contributed by atoms with Gasteiger partial charge in [0.2, 0.25) is 11.8 Å². The minimum atomic E-state index is -0.816. The Labute approximate surface area is 169 Å². The van der Waals surface area contributed by atoms with E-state index in [1.165, 1.54) is 0 Å². The molecule has 2 N–H and O–H groups in total. The van der Waals surface area contributed by atoms with Gasteiger partial charge in [-0.05, 0) is 31.0 Å². The number of ether oxygens (including phenoxy) is 1. The molecule has 3 amide bonds. The van der Waals surface area contributed by atoms with Crippen molar-refractivity contribution in [3.63, 3.8) is 0 Å². The number of carbonyl (C=O) groups excluding carboxylic acids is 3. The third-order valence-electron chi connectivity index (χ3n) is 6.10. The number of hydrogen-bond donors (Lipinski definition) is 2. The third-order valence-corrected chi connectivity index (χ3v) is 6.10. The van der Waals surface area contributed by atoms with Crippen LogP contribution in [0.2, 0.25) is 0 Å². The molecule has 9 heteroatoms. The SMILES string of the molecule is CN1CC(OC(=O)N2CCC2)CC(C(=O)NO)C1C(=O)N1Cc2ccccc2C1. The second kappa shape index (κ2) is 8.00. The molecule has 3 atom stereocenters. The van der Waals surface area contributed by atoms with Crippen molar-refractivity contribution in [2.24, 2.45) is 5.92 Å². The van der Waals surface area contributed by atoms with Gasteiger partial charge in [-0.1, -0.05) is 24.3 Å². The Hall–Kier alpha value is -2.65. The van der Waals surface area contributed by atoms with Gasteiger partial charge in [-0.25, -0.2) is 10.3 Å². The van der Waals surface area contributed by atoms with E-state index in [1.54, 1.807) is 27.2 Å². The van der Waals surface area contributed by atoms with Gasteiger partial charge in [0, 0.05) is 32.7 Å². The Morgan fingerprint density at radius 1 is 1.10 bits per heavy atom. The van der Waals surface area contributed by atoms with Crippen LogP contribution in [-0.4, -0.2) is 76.6 Å². The summed E-state index contributed by atoms with van der Waals surface area (Å²) in [6, 6.07) is 7.15. The Kier molecular flexibility index (Phi) is 5.42. The number of likely N-dealkylation sites (N-methyl/N-ethyl adjacent to an activating group) is 1. The molecule has 0 saturated carbocycles. The van der Waals surface area contributed by atoms with Crippen LogP contribution in [0.4, 0.5) is 4.79 Å². The van der Waals surface area contributed by atoms with Gasteiger partial charge < -0.3 is 14.5 Å². The van der Waals surface area contributed by atoms with Crippen LogP contribution in [0.5, 0.6) is 0 Å². The van der Waals surface area contributed by atoms with Crippen molar-refractivity contribution >= 4 is 17.9 Å². The van der Waals surface area contributed by atoms with Crippen molar-refractivity contribution in [1.29, 1.82) is 0 Å². The minimum absolute atomic E-state index is 0.162. The van der Waals surface area contributed by atoms with Gasteiger partial charge in [0.15, 0.2) is 0 Å². The summed E-state index contributed by atoms with van der Waals surface area (Å²) in [5.74, 6) is -1.62. The molecular weight excluding hydrogens is 376 g/mol. The van der Waals surface area contributed by atoms with E-state index >= 15 is 0 Å². The first-order valence-electron chi connectivity index (χ1n) is 9.93. The number of likely N-dealkylation sites (tertiary alicyclic amines) is 2. The summed E-state index contributed by atoms with van der Waals surface area (Å²) in [5.41, 5.74) is 3.88. The zero-order valence-electron chi connectivity index (χ0n) is 16.4. The molecule has 0 aliphatic carbocycles. The van der Waals surface area contributed by atoms with E-state index in [9.17, 15) is 19.6 Å². The first-order valence-corrected chi connectivity index (χ1v) is 9.93. The van der Waals surface area contributed by atoms with E-state index in [0.29, 0.717) is 32.7 Å². The van der Waals surface area contributed by atoms with Gasteiger partial charge in [0.25, 0.3) is 0 Å². The standard InChI is InChI=1S/C20H26N4O5/c1-22-12-15(29-20(27)23-7-4-8-23)9-16(18(25)21-28)17(22)19(26)24-10-13-5-2-3-6-14(13)11-24/h2-3,5-6,15-17,28H,4,7-12H2,1H3,(H,21,25). The Morgan fingerprint density at radius 2 is 1.76 bits per heavy atom. The number of fused-ring (bicyclic) bond motifs is 1. The number of carbonyl (C=O) groups is 3. The average molecular weight is 402 g/mol. The summed E-state index contributed by atoms with van der Waals surface area (Å²) < 4.78 is 5.55. The van der Waals surface area contributed by atoms with Gasteiger partial charge >= 0.3 is 6.09 Å². The van der Waals surface area contributed by atoms with Gasteiger partial charge in [0.05, 0.1) is 5.92 Å². The fourth-order valence-electron chi connectivity index (χ4n) is 4.40. The predicted molar refractivity (Wildman–Crippen MR) is 102 cm³/mol. The molecule has 0 spiro atoms. The van der Waals surface area contributed by atoms with Gasteiger partial charge in [-0.2, -0.15) is 0 Å². The lowest BCUT2D eigenvalue weighted by atomic mass is 9.86. The van der Waals surface area contributed by atoms with Crippen molar-refractivity contribution < 1.29 is 24.3 Å². The fourth-order valence-corrected chi connectivity index (χ4v) is 4.40. The Bertz CT molecular complexity index is 787. The zero-order chi connectivity index (χ0) is 20.5. The number of hydrogen-bond acceptors (Lipinski definition) is 6. The van der Waals surface area contributed by atoms with E-state index in [2.05, 4.69) is 0 Å². The maximum Gasteiger partial charge on any atom is 0.410 e. The summed E-state index contributed by atoms with van der Waals surface area (Å²) in [4.78, 5) is 42.9. The van der Waals surface area contributed by atoms with E-state index in [1.807, 2.05) is 24.3 Å². The highest BCUT2D eigenvalue weighted by Crippen LogP contribution is 2.30. The van der Waals surface area contributed by atoms with Crippen LogP contribution in [-0.2, 0) is 27.4 Å². The Balaban J connectivity index is 1.47. The molecule has 1 aromatic rings. The molecule has 29 heavy (non-hydrogen) atoms. The van der Waals surface area contributed by atoms with Crippen molar-refractivity contribution in [3.05, 3.63) is 35.4 Å². The number of rotatable bonds is 3. The number of piperidine rings is 1. The largest absolute Gasteiger partial charge is 0.445 e. The molecule has 3 heterocycles. The number of amides is 3. The molecule has 9 nitrogen and oxygen atoms in total.